The molecule has 0 radical (unpaired) electrons. The third-order valence-electron chi connectivity index (χ3n) is 3.22. The van der Waals surface area contributed by atoms with E-state index in [0.29, 0.717) is 19.0 Å². The first-order valence-corrected chi connectivity index (χ1v) is 5.80. The summed E-state index contributed by atoms with van der Waals surface area (Å²) < 4.78 is 0. The van der Waals surface area contributed by atoms with Gasteiger partial charge in [0.25, 0.3) is 0 Å². The van der Waals surface area contributed by atoms with E-state index in [-0.39, 0.29) is 6.61 Å². The topological polar surface area (TPSA) is 60.8 Å². The molecular weight excluding hydrogens is 194 g/mol. The van der Waals surface area contributed by atoms with Crippen molar-refractivity contribution in [2.24, 2.45) is 0 Å². The summed E-state index contributed by atoms with van der Waals surface area (Å²) in [5, 5.41) is 18.1. The molecule has 88 valence electrons. The predicted octanol–water partition coefficient (Wildman–Crippen LogP) is 1.09. The van der Waals surface area contributed by atoms with Crippen molar-refractivity contribution in [1.82, 2.24) is 4.90 Å². The average molecular weight is 215 g/mol. The summed E-state index contributed by atoms with van der Waals surface area (Å²) in [7, 11) is 0. The largest absolute Gasteiger partial charge is 0.480 e. The molecule has 0 aromatic carbocycles. The summed E-state index contributed by atoms with van der Waals surface area (Å²) in [4.78, 5) is 13.0. The van der Waals surface area contributed by atoms with Gasteiger partial charge in [-0.2, -0.15) is 0 Å². The lowest BCUT2D eigenvalue weighted by atomic mass is 10.1. The number of hydrogen-bond acceptors (Lipinski definition) is 3. The van der Waals surface area contributed by atoms with Crippen molar-refractivity contribution in [3.05, 3.63) is 0 Å². The Labute approximate surface area is 90.9 Å². The normalized spacial score (nSPS) is 19.7. The van der Waals surface area contributed by atoms with E-state index in [4.69, 9.17) is 10.2 Å². The third kappa shape index (κ3) is 3.18. The van der Waals surface area contributed by atoms with E-state index in [9.17, 15) is 4.79 Å². The molecule has 1 saturated carbocycles. The van der Waals surface area contributed by atoms with Gasteiger partial charge < -0.3 is 10.2 Å². The van der Waals surface area contributed by atoms with Crippen LogP contribution >= 0.6 is 0 Å². The summed E-state index contributed by atoms with van der Waals surface area (Å²) in [6, 6.07) is -0.0709. The summed E-state index contributed by atoms with van der Waals surface area (Å²) in [6.07, 6.45) is 5.12. The second-order valence-electron chi connectivity index (χ2n) is 4.16. The monoisotopic (exact) mass is 215 g/mol. The van der Waals surface area contributed by atoms with Crippen LogP contribution in [0.3, 0.4) is 0 Å². The zero-order chi connectivity index (χ0) is 11.3. The number of nitrogens with zero attached hydrogens (tertiary/aromatic N) is 1. The fourth-order valence-electron chi connectivity index (χ4n) is 2.50. The molecule has 0 aromatic rings. The standard InChI is InChI=1S/C11H21NO3/c1-2-10(11(14)15)12(7-8-13)9-5-3-4-6-9/h9-10,13H,2-8H2,1H3,(H,14,15). The Morgan fingerprint density at radius 2 is 2.07 bits per heavy atom. The van der Waals surface area contributed by atoms with Crippen molar-refractivity contribution in [2.75, 3.05) is 13.2 Å². The molecule has 4 heteroatoms. The lowest BCUT2D eigenvalue weighted by molar-refractivity contribution is -0.144. The van der Waals surface area contributed by atoms with Crippen molar-refractivity contribution in [3.63, 3.8) is 0 Å². The Hall–Kier alpha value is -0.610. The number of hydrogen-bond donors (Lipinski definition) is 2. The van der Waals surface area contributed by atoms with E-state index < -0.39 is 12.0 Å². The molecule has 0 aromatic heterocycles. The highest BCUT2D eigenvalue weighted by Crippen LogP contribution is 2.25. The lowest BCUT2D eigenvalue weighted by Gasteiger charge is -2.32. The van der Waals surface area contributed by atoms with Crippen LogP contribution < -0.4 is 0 Å². The van der Waals surface area contributed by atoms with Gasteiger partial charge in [-0.05, 0) is 19.3 Å². The second kappa shape index (κ2) is 6.08. The van der Waals surface area contributed by atoms with Crippen LogP contribution in [0, 0.1) is 0 Å². The van der Waals surface area contributed by atoms with Crippen LogP contribution in [0.15, 0.2) is 0 Å². The van der Waals surface area contributed by atoms with E-state index in [1.807, 2.05) is 11.8 Å². The number of rotatable bonds is 6. The molecule has 2 N–H and O–H groups in total. The Bertz CT molecular complexity index is 202. The molecule has 0 amide bonds. The van der Waals surface area contributed by atoms with E-state index in [2.05, 4.69) is 0 Å². The van der Waals surface area contributed by atoms with E-state index >= 15 is 0 Å². The van der Waals surface area contributed by atoms with E-state index in [1.54, 1.807) is 0 Å². The molecule has 1 aliphatic carbocycles. The molecule has 0 saturated heterocycles. The number of carbonyl (C=O) groups is 1. The van der Waals surface area contributed by atoms with Crippen LogP contribution in [0.2, 0.25) is 0 Å². The summed E-state index contributed by atoms with van der Waals surface area (Å²) >= 11 is 0. The van der Waals surface area contributed by atoms with Crippen LogP contribution in [0.25, 0.3) is 0 Å². The van der Waals surface area contributed by atoms with Gasteiger partial charge in [0.1, 0.15) is 6.04 Å². The Morgan fingerprint density at radius 3 is 2.47 bits per heavy atom. The zero-order valence-corrected chi connectivity index (χ0v) is 9.35. The van der Waals surface area contributed by atoms with Gasteiger partial charge in [-0.25, -0.2) is 0 Å². The van der Waals surface area contributed by atoms with Crippen molar-refractivity contribution in [3.8, 4) is 0 Å². The Kier molecular flexibility index (Phi) is 5.05. The highest BCUT2D eigenvalue weighted by atomic mass is 16.4. The van der Waals surface area contributed by atoms with Gasteiger partial charge in [-0.3, -0.25) is 9.69 Å². The van der Waals surface area contributed by atoms with Crippen LogP contribution in [0.4, 0.5) is 0 Å². The first-order chi connectivity index (χ1) is 7.20. The zero-order valence-electron chi connectivity index (χ0n) is 9.35. The van der Waals surface area contributed by atoms with E-state index in [0.717, 1.165) is 12.8 Å². The number of aliphatic hydroxyl groups excluding tert-OH is 1. The minimum absolute atomic E-state index is 0.0419. The van der Waals surface area contributed by atoms with Gasteiger partial charge in [0.2, 0.25) is 0 Å². The third-order valence-corrected chi connectivity index (χ3v) is 3.22. The first kappa shape index (κ1) is 12.5. The maximum absolute atomic E-state index is 11.1. The molecule has 1 unspecified atom stereocenters. The highest BCUT2D eigenvalue weighted by molar-refractivity contribution is 5.73. The van der Waals surface area contributed by atoms with Gasteiger partial charge >= 0.3 is 5.97 Å². The van der Waals surface area contributed by atoms with Crippen LogP contribution in [-0.4, -0.2) is 46.3 Å². The Morgan fingerprint density at radius 1 is 1.47 bits per heavy atom. The molecular formula is C11H21NO3. The molecule has 0 bridgehead atoms. The van der Waals surface area contributed by atoms with Gasteiger partial charge in [-0.15, -0.1) is 0 Å². The maximum atomic E-state index is 11.1. The lowest BCUT2D eigenvalue weighted by Crippen LogP contribution is -2.47. The minimum atomic E-state index is -0.766. The molecule has 0 spiro atoms. The number of carboxylic acids is 1. The number of aliphatic carboxylic acids is 1. The molecule has 1 fully saturated rings. The van der Waals surface area contributed by atoms with Crippen molar-refractivity contribution in [1.29, 1.82) is 0 Å². The molecule has 1 rings (SSSR count). The van der Waals surface area contributed by atoms with Crippen molar-refractivity contribution in [2.45, 2.75) is 51.1 Å². The predicted molar refractivity (Wildman–Crippen MR) is 57.8 cm³/mol. The van der Waals surface area contributed by atoms with E-state index in [1.165, 1.54) is 12.8 Å². The van der Waals surface area contributed by atoms with Gasteiger partial charge in [0, 0.05) is 12.6 Å². The van der Waals surface area contributed by atoms with Crippen LogP contribution in [-0.2, 0) is 4.79 Å². The van der Waals surface area contributed by atoms with Crippen molar-refractivity contribution >= 4 is 5.97 Å². The fraction of sp³-hybridized carbons (Fsp3) is 0.909. The quantitative estimate of drug-likeness (QED) is 0.696. The van der Waals surface area contributed by atoms with Gasteiger partial charge in [-0.1, -0.05) is 19.8 Å². The smallest absolute Gasteiger partial charge is 0.320 e. The molecule has 1 atom stereocenters. The summed E-state index contributed by atoms with van der Waals surface area (Å²) in [5.41, 5.74) is 0. The maximum Gasteiger partial charge on any atom is 0.320 e. The molecule has 0 heterocycles. The molecule has 15 heavy (non-hydrogen) atoms. The molecule has 0 aliphatic heterocycles. The van der Waals surface area contributed by atoms with Crippen LogP contribution in [0.1, 0.15) is 39.0 Å². The minimum Gasteiger partial charge on any atom is -0.480 e. The van der Waals surface area contributed by atoms with Gasteiger partial charge in [0.15, 0.2) is 0 Å². The highest BCUT2D eigenvalue weighted by Gasteiger charge is 2.31. The fourth-order valence-corrected chi connectivity index (χ4v) is 2.50. The first-order valence-electron chi connectivity index (χ1n) is 5.80. The molecule has 4 nitrogen and oxygen atoms in total. The average Bonchev–Trinajstić information content (AvgIpc) is 2.69. The SMILES string of the molecule is CCC(C(=O)O)N(CCO)C1CCCC1. The van der Waals surface area contributed by atoms with Crippen LogP contribution in [0.5, 0.6) is 0 Å². The second-order valence-corrected chi connectivity index (χ2v) is 4.16. The van der Waals surface area contributed by atoms with Crippen molar-refractivity contribution < 1.29 is 15.0 Å². The summed E-state index contributed by atoms with van der Waals surface area (Å²) in [5.74, 6) is -0.766. The molecule has 1 aliphatic rings. The number of aliphatic hydroxyl groups is 1. The Balaban J connectivity index is 2.65. The summed E-state index contributed by atoms with van der Waals surface area (Å²) in [6.45, 7) is 2.41. The van der Waals surface area contributed by atoms with Gasteiger partial charge in [0.05, 0.1) is 6.61 Å². The number of carboxylic acid groups (broad SMARTS) is 1.